The number of fused-ring (bicyclic) bond motifs is 1. The molecule has 0 spiro atoms. The summed E-state index contributed by atoms with van der Waals surface area (Å²) >= 11 is 0. The van der Waals surface area contributed by atoms with Gasteiger partial charge >= 0.3 is 0 Å². The highest BCUT2D eigenvalue weighted by Gasteiger charge is 2.04. The Kier molecular flexibility index (Phi) is 2.37. The standard InChI is InChI=1S/C12H13NO/c1-2-9-7-8-10-5-3-4-6-11(10)12(9)13-14/h3-8,13-14H,2H2,1H3. The third kappa shape index (κ3) is 1.34. The van der Waals surface area contributed by atoms with Crippen LogP contribution in [0.2, 0.25) is 0 Å². The summed E-state index contributed by atoms with van der Waals surface area (Å²) in [6.45, 7) is 2.07. The van der Waals surface area contributed by atoms with E-state index in [-0.39, 0.29) is 0 Å². The van der Waals surface area contributed by atoms with E-state index in [2.05, 4.69) is 18.5 Å². The minimum Gasteiger partial charge on any atom is -0.291 e. The number of rotatable bonds is 2. The molecular formula is C12H13NO. The Labute approximate surface area is 83.1 Å². The first-order valence-corrected chi connectivity index (χ1v) is 4.77. The number of anilines is 1. The number of hydrogen-bond acceptors (Lipinski definition) is 2. The van der Waals surface area contributed by atoms with Crippen LogP contribution in [0.5, 0.6) is 0 Å². The van der Waals surface area contributed by atoms with Crippen molar-refractivity contribution in [2.45, 2.75) is 13.3 Å². The zero-order valence-corrected chi connectivity index (χ0v) is 8.12. The molecule has 0 aliphatic rings. The fourth-order valence-corrected chi connectivity index (χ4v) is 1.74. The zero-order chi connectivity index (χ0) is 9.97. The zero-order valence-electron chi connectivity index (χ0n) is 8.12. The minimum atomic E-state index is 0.825. The normalized spacial score (nSPS) is 10.4. The van der Waals surface area contributed by atoms with E-state index < -0.39 is 0 Å². The molecule has 0 unspecified atom stereocenters. The second-order valence-electron chi connectivity index (χ2n) is 3.29. The first-order chi connectivity index (χ1) is 6.86. The van der Waals surface area contributed by atoms with E-state index in [1.165, 1.54) is 0 Å². The smallest absolute Gasteiger partial charge is 0.0712 e. The monoisotopic (exact) mass is 187 g/mol. The van der Waals surface area contributed by atoms with Gasteiger partial charge in [0, 0.05) is 5.39 Å². The number of hydrogen-bond donors (Lipinski definition) is 2. The highest BCUT2D eigenvalue weighted by atomic mass is 16.5. The van der Waals surface area contributed by atoms with E-state index in [9.17, 15) is 0 Å². The first-order valence-electron chi connectivity index (χ1n) is 4.77. The number of benzene rings is 2. The summed E-state index contributed by atoms with van der Waals surface area (Å²) in [6.07, 6.45) is 0.910. The molecule has 0 saturated heterocycles. The second kappa shape index (κ2) is 3.68. The lowest BCUT2D eigenvalue weighted by Gasteiger charge is -2.09. The lowest BCUT2D eigenvalue weighted by molar-refractivity contribution is 0.389. The fraction of sp³-hybridized carbons (Fsp3) is 0.167. The van der Waals surface area contributed by atoms with Crippen molar-refractivity contribution in [2.75, 3.05) is 5.48 Å². The summed E-state index contributed by atoms with van der Waals surface area (Å²) < 4.78 is 0. The van der Waals surface area contributed by atoms with Gasteiger partial charge in [-0.05, 0) is 17.4 Å². The topological polar surface area (TPSA) is 32.3 Å². The average molecular weight is 187 g/mol. The van der Waals surface area contributed by atoms with Crippen LogP contribution in [0.3, 0.4) is 0 Å². The predicted molar refractivity (Wildman–Crippen MR) is 58.7 cm³/mol. The molecule has 2 heteroatoms. The molecule has 2 rings (SSSR count). The van der Waals surface area contributed by atoms with Gasteiger partial charge in [0.25, 0.3) is 0 Å². The molecule has 72 valence electrons. The average Bonchev–Trinajstić information content (AvgIpc) is 2.27. The molecule has 0 fully saturated rings. The van der Waals surface area contributed by atoms with Gasteiger partial charge < -0.3 is 0 Å². The van der Waals surface area contributed by atoms with Crippen LogP contribution in [-0.4, -0.2) is 5.21 Å². The Bertz CT molecular complexity index is 451. The van der Waals surface area contributed by atoms with E-state index in [1.54, 1.807) is 0 Å². The summed E-state index contributed by atoms with van der Waals surface area (Å²) in [5, 5.41) is 11.3. The van der Waals surface area contributed by atoms with Crippen molar-refractivity contribution >= 4 is 16.5 Å². The van der Waals surface area contributed by atoms with Gasteiger partial charge in [-0.15, -0.1) is 0 Å². The fourth-order valence-electron chi connectivity index (χ4n) is 1.74. The molecule has 0 bridgehead atoms. The van der Waals surface area contributed by atoms with Crippen molar-refractivity contribution in [3.05, 3.63) is 42.0 Å². The van der Waals surface area contributed by atoms with Crippen LogP contribution in [0.15, 0.2) is 36.4 Å². The third-order valence-corrected chi connectivity index (χ3v) is 2.51. The molecule has 2 aromatic carbocycles. The van der Waals surface area contributed by atoms with Gasteiger partial charge in [0.1, 0.15) is 0 Å². The lowest BCUT2D eigenvalue weighted by Crippen LogP contribution is -1.96. The highest BCUT2D eigenvalue weighted by Crippen LogP contribution is 2.27. The van der Waals surface area contributed by atoms with Crippen molar-refractivity contribution in [3.8, 4) is 0 Å². The van der Waals surface area contributed by atoms with Crippen molar-refractivity contribution in [1.29, 1.82) is 0 Å². The van der Waals surface area contributed by atoms with Crippen molar-refractivity contribution in [2.24, 2.45) is 0 Å². The SMILES string of the molecule is CCc1ccc2ccccc2c1NO. The Morgan fingerprint density at radius 3 is 2.64 bits per heavy atom. The third-order valence-electron chi connectivity index (χ3n) is 2.51. The lowest BCUT2D eigenvalue weighted by atomic mass is 10.0. The van der Waals surface area contributed by atoms with Gasteiger partial charge in [-0.25, -0.2) is 0 Å². The van der Waals surface area contributed by atoms with Gasteiger partial charge in [0.05, 0.1) is 5.69 Å². The molecule has 0 heterocycles. The Morgan fingerprint density at radius 2 is 1.93 bits per heavy atom. The molecule has 0 aromatic heterocycles. The van der Waals surface area contributed by atoms with Crippen LogP contribution in [0.4, 0.5) is 5.69 Å². The summed E-state index contributed by atoms with van der Waals surface area (Å²) in [4.78, 5) is 0. The van der Waals surface area contributed by atoms with Gasteiger partial charge in [-0.1, -0.05) is 43.3 Å². The van der Waals surface area contributed by atoms with Gasteiger partial charge in [-0.2, -0.15) is 0 Å². The van der Waals surface area contributed by atoms with Gasteiger partial charge in [-0.3, -0.25) is 10.7 Å². The van der Waals surface area contributed by atoms with Crippen LogP contribution in [0.1, 0.15) is 12.5 Å². The summed E-state index contributed by atoms with van der Waals surface area (Å²) in [6, 6.07) is 12.1. The van der Waals surface area contributed by atoms with Crippen LogP contribution < -0.4 is 5.48 Å². The van der Waals surface area contributed by atoms with Crippen molar-refractivity contribution < 1.29 is 5.21 Å². The summed E-state index contributed by atoms with van der Waals surface area (Å²) in [5.41, 5.74) is 4.24. The Morgan fingerprint density at radius 1 is 1.14 bits per heavy atom. The van der Waals surface area contributed by atoms with E-state index in [4.69, 9.17) is 5.21 Å². The molecule has 2 N–H and O–H groups in total. The van der Waals surface area contributed by atoms with Crippen LogP contribution in [-0.2, 0) is 6.42 Å². The number of nitrogens with one attached hydrogen (secondary N) is 1. The Hall–Kier alpha value is -1.54. The largest absolute Gasteiger partial charge is 0.291 e. The molecule has 0 amide bonds. The van der Waals surface area contributed by atoms with E-state index in [0.717, 1.165) is 28.4 Å². The van der Waals surface area contributed by atoms with Crippen LogP contribution in [0.25, 0.3) is 10.8 Å². The molecular weight excluding hydrogens is 174 g/mol. The maximum atomic E-state index is 9.10. The maximum absolute atomic E-state index is 9.10. The molecule has 0 aliphatic heterocycles. The van der Waals surface area contributed by atoms with Gasteiger partial charge in [0.2, 0.25) is 0 Å². The van der Waals surface area contributed by atoms with E-state index in [0.29, 0.717) is 0 Å². The van der Waals surface area contributed by atoms with Crippen molar-refractivity contribution in [3.63, 3.8) is 0 Å². The maximum Gasteiger partial charge on any atom is 0.0712 e. The van der Waals surface area contributed by atoms with E-state index >= 15 is 0 Å². The second-order valence-corrected chi connectivity index (χ2v) is 3.29. The summed E-state index contributed by atoms with van der Waals surface area (Å²) in [7, 11) is 0. The van der Waals surface area contributed by atoms with Gasteiger partial charge in [0.15, 0.2) is 0 Å². The molecule has 0 aliphatic carbocycles. The molecule has 2 nitrogen and oxygen atoms in total. The molecule has 0 atom stereocenters. The van der Waals surface area contributed by atoms with Crippen LogP contribution >= 0.6 is 0 Å². The Balaban J connectivity index is 2.77. The molecule has 2 aromatic rings. The number of aryl methyl sites for hydroxylation is 1. The van der Waals surface area contributed by atoms with Crippen molar-refractivity contribution in [1.82, 2.24) is 0 Å². The highest BCUT2D eigenvalue weighted by molar-refractivity contribution is 5.95. The first kappa shape index (κ1) is 9.03. The minimum absolute atomic E-state index is 0.825. The van der Waals surface area contributed by atoms with Crippen LogP contribution in [0, 0.1) is 0 Å². The predicted octanol–water partition coefficient (Wildman–Crippen LogP) is 3.20. The summed E-state index contributed by atoms with van der Waals surface area (Å²) in [5.74, 6) is 0. The quantitative estimate of drug-likeness (QED) is 0.707. The molecule has 0 saturated carbocycles. The van der Waals surface area contributed by atoms with E-state index in [1.807, 2.05) is 30.3 Å². The molecule has 0 radical (unpaired) electrons. The molecule has 14 heavy (non-hydrogen) atoms.